The molecule has 7 aromatic carbocycles. The Hall–Kier alpha value is -4.62. The second-order valence-corrected chi connectivity index (χ2v) is 9.36. The molecule has 0 unspecified atom stereocenters. The van der Waals surface area contributed by atoms with Gasteiger partial charge in [-0.25, -0.2) is 0 Å². The van der Waals surface area contributed by atoms with Crippen LogP contribution in [0.1, 0.15) is 0 Å². The average molecular weight is 445 g/mol. The highest BCUT2D eigenvalue weighted by Crippen LogP contribution is 2.41. The van der Waals surface area contributed by atoms with E-state index in [0.717, 1.165) is 16.6 Å². The van der Waals surface area contributed by atoms with Crippen LogP contribution in [0.4, 0.5) is 0 Å². The van der Waals surface area contributed by atoms with E-state index >= 15 is 0 Å². The van der Waals surface area contributed by atoms with Gasteiger partial charge in [0, 0.05) is 10.8 Å². The van der Waals surface area contributed by atoms with Crippen LogP contribution >= 0.6 is 0 Å². The molecule has 0 fully saturated rings. The first-order valence-electron chi connectivity index (χ1n) is 12.0. The van der Waals surface area contributed by atoms with Crippen LogP contribution in [-0.2, 0) is 0 Å². The lowest BCUT2D eigenvalue weighted by Gasteiger charge is -2.11. The van der Waals surface area contributed by atoms with Gasteiger partial charge < -0.3 is 4.42 Å². The Bertz CT molecular complexity index is 2110. The van der Waals surface area contributed by atoms with Crippen molar-refractivity contribution < 1.29 is 4.42 Å². The summed E-state index contributed by atoms with van der Waals surface area (Å²) in [5, 5.41) is 12.4. The van der Waals surface area contributed by atoms with Gasteiger partial charge in [-0.15, -0.1) is 0 Å². The molecule has 8 rings (SSSR count). The standard InChI is InChI=1S/C34H20O/c1-2-9-23-19-33-31(18-22(23)8-1)34-28(13-6-14-32(34)35-33)27-12-5-10-24-17-25-16-15-21-7-3-4-11-26(21)29(25)20-30(24)27/h1-20H. The van der Waals surface area contributed by atoms with Gasteiger partial charge in [0.1, 0.15) is 11.2 Å². The molecule has 0 amide bonds. The van der Waals surface area contributed by atoms with Crippen LogP contribution in [0.15, 0.2) is 126 Å². The highest BCUT2D eigenvalue weighted by molar-refractivity contribution is 6.19. The van der Waals surface area contributed by atoms with E-state index in [1.165, 1.54) is 59.6 Å². The maximum absolute atomic E-state index is 6.36. The lowest BCUT2D eigenvalue weighted by Crippen LogP contribution is -1.85. The van der Waals surface area contributed by atoms with Crippen molar-refractivity contribution in [1.29, 1.82) is 0 Å². The monoisotopic (exact) mass is 444 g/mol. The molecule has 8 aromatic rings. The van der Waals surface area contributed by atoms with Crippen LogP contribution in [0.3, 0.4) is 0 Å². The molecule has 0 atom stereocenters. The zero-order valence-electron chi connectivity index (χ0n) is 19.0. The third kappa shape index (κ3) is 2.70. The number of benzene rings is 7. The van der Waals surface area contributed by atoms with Crippen molar-refractivity contribution in [2.75, 3.05) is 0 Å². The predicted molar refractivity (Wildman–Crippen MR) is 149 cm³/mol. The van der Waals surface area contributed by atoms with Crippen LogP contribution in [0.25, 0.3) is 76.2 Å². The number of hydrogen-bond acceptors (Lipinski definition) is 1. The Morgan fingerprint density at radius 3 is 1.94 bits per heavy atom. The summed E-state index contributed by atoms with van der Waals surface area (Å²) in [6, 6.07) is 43.8. The second-order valence-electron chi connectivity index (χ2n) is 9.36. The molecule has 0 aliphatic carbocycles. The van der Waals surface area contributed by atoms with E-state index in [1.807, 2.05) is 0 Å². The van der Waals surface area contributed by atoms with Gasteiger partial charge in [0.25, 0.3) is 0 Å². The smallest absolute Gasteiger partial charge is 0.136 e. The van der Waals surface area contributed by atoms with Crippen molar-refractivity contribution in [1.82, 2.24) is 0 Å². The van der Waals surface area contributed by atoms with E-state index in [1.54, 1.807) is 0 Å². The fourth-order valence-corrected chi connectivity index (χ4v) is 5.75. The Balaban J connectivity index is 1.50. The van der Waals surface area contributed by atoms with Crippen molar-refractivity contribution in [2.45, 2.75) is 0 Å². The van der Waals surface area contributed by atoms with E-state index in [0.29, 0.717) is 0 Å². The highest BCUT2D eigenvalue weighted by atomic mass is 16.3. The lowest BCUT2D eigenvalue weighted by atomic mass is 9.91. The van der Waals surface area contributed by atoms with Gasteiger partial charge in [-0.1, -0.05) is 91.0 Å². The fraction of sp³-hybridized carbons (Fsp3) is 0. The molecule has 0 radical (unpaired) electrons. The van der Waals surface area contributed by atoms with E-state index in [4.69, 9.17) is 4.42 Å². The SMILES string of the molecule is c1ccc2cc3c(cc2c1)oc1cccc(-c2cccc4cc5ccc6ccccc6c5cc24)c13. The van der Waals surface area contributed by atoms with Crippen LogP contribution in [-0.4, -0.2) is 0 Å². The molecule has 1 heterocycles. The quantitative estimate of drug-likeness (QED) is 0.181. The number of rotatable bonds is 1. The minimum absolute atomic E-state index is 0.927. The summed E-state index contributed by atoms with van der Waals surface area (Å²) >= 11 is 0. The van der Waals surface area contributed by atoms with Gasteiger partial charge in [-0.3, -0.25) is 0 Å². The summed E-state index contributed by atoms with van der Waals surface area (Å²) in [6.45, 7) is 0. The summed E-state index contributed by atoms with van der Waals surface area (Å²) in [6.07, 6.45) is 0. The Kier molecular flexibility index (Phi) is 3.72. The van der Waals surface area contributed by atoms with Crippen molar-refractivity contribution in [3.63, 3.8) is 0 Å². The summed E-state index contributed by atoms with van der Waals surface area (Å²) in [4.78, 5) is 0. The third-order valence-electron chi connectivity index (χ3n) is 7.40. The minimum Gasteiger partial charge on any atom is -0.456 e. The maximum atomic E-state index is 6.36. The van der Waals surface area contributed by atoms with E-state index in [9.17, 15) is 0 Å². The van der Waals surface area contributed by atoms with Gasteiger partial charge in [0.15, 0.2) is 0 Å². The number of fused-ring (bicyclic) bond motifs is 8. The maximum Gasteiger partial charge on any atom is 0.136 e. The zero-order valence-corrected chi connectivity index (χ0v) is 19.0. The van der Waals surface area contributed by atoms with Gasteiger partial charge in [0.2, 0.25) is 0 Å². The molecule has 0 spiro atoms. The molecule has 0 bridgehead atoms. The molecular formula is C34H20O. The van der Waals surface area contributed by atoms with Gasteiger partial charge in [-0.05, 0) is 84.5 Å². The van der Waals surface area contributed by atoms with Crippen molar-refractivity contribution in [3.8, 4) is 11.1 Å². The first-order chi connectivity index (χ1) is 17.3. The molecule has 1 heteroatoms. The van der Waals surface area contributed by atoms with Crippen molar-refractivity contribution in [2.24, 2.45) is 0 Å². The van der Waals surface area contributed by atoms with E-state index in [2.05, 4.69) is 121 Å². The Labute approximate surface area is 201 Å². The third-order valence-corrected chi connectivity index (χ3v) is 7.40. The molecule has 162 valence electrons. The van der Waals surface area contributed by atoms with Gasteiger partial charge in [0.05, 0.1) is 0 Å². The van der Waals surface area contributed by atoms with Gasteiger partial charge >= 0.3 is 0 Å². The second kappa shape index (κ2) is 6.94. The van der Waals surface area contributed by atoms with Crippen LogP contribution in [0, 0.1) is 0 Å². The van der Waals surface area contributed by atoms with E-state index < -0.39 is 0 Å². The predicted octanol–water partition coefficient (Wildman–Crippen LogP) is 9.87. The van der Waals surface area contributed by atoms with Crippen LogP contribution < -0.4 is 0 Å². The lowest BCUT2D eigenvalue weighted by molar-refractivity contribution is 0.669. The van der Waals surface area contributed by atoms with E-state index in [-0.39, 0.29) is 0 Å². The molecule has 35 heavy (non-hydrogen) atoms. The molecule has 0 saturated heterocycles. The molecule has 0 N–H and O–H groups in total. The van der Waals surface area contributed by atoms with Crippen LogP contribution in [0.5, 0.6) is 0 Å². The molecule has 0 aliphatic rings. The molecule has 0 saturated carbocycles. The van der Waals surface area contributed by atoms with Crippen molar-refractivity contribution >= 4 is 65.0 Å². The summed E-state index contributed by atoms with van der Waals surface area (Å²) in [5.74, 6) is 0. The molecule has 1 nitrogen and oxygen atoms in total. The molecule has 0 aliphatic heterocycles. The average Bonchev–Trinajstić information content (AvgIpc) is 3.28. The first kappa shape index (κ1) is 18.8. The molecule has 1 aromatic heterocycles. The Morgan fingerprint density at radius 1 is 0.343 bits per heavy atom. The zero-order chi connectivity index (χ0) is 22.9. The number of furan rings is 1. The van der Waals surface area contributed by atoms with Gasteiger partial charge in [-0.2, -0.15) is 0 Å². The number of hydrogen-bond donors (Lipinski definition) is 0. The summed E-state index contributed by atoms with van der Waals surface area (Å²) in [5.41, 5.74) is 4.30. The largest absolute Gasteiger partial charge is 0.456 e. The topological polar surface area (TPSA) is 13.1 Å². The fourth-order valence-electron chi connectivity index (χ4n) is 5.75. The van der Waals surface area contributed by atoms with Crippen molar-refractivity contribution in [3.05, 3.63) is 121 Å². The summed E-state index contributed by atoms with van der Waals surface area (Å²) < 4.78 is 6.36. The minimum atomic E-state index is 0.927. The highest BCUT2D eigenvalue weighted by Gasteiger charge is 2.15. The normalized spacial score (nSPS) is 12.0. The summed E-state index contributed by atoms with van der Waals surface area (Å²) in [7, 11) is 0. The van der Waals surface area contributed by atoms with Crippen LogP contribution in [0.2, 0.25) is 0 Å². The Morgan fingerprint density at radius 2 is 1.03 bits per heavy atom. The first-order valence-corrected chi connectivity index (χ1v) is 12.0. The molecular weight excluding hydrogens is 424 g/mol.